The third-order valence-electron chi connectivity index (χ3n) is 3.78. The number of carbonyl (C=O) groups excluding carboxylic acids is 1. The standard InChI is InChI=1S/C17H25BrN4O2/c1-16(2,3)24-15(23)20-17(4)10-8-12(9-11-17)21-22-14-7-5-6-13(18)19-14/h5-7H,8-11H2,1-4H3,(H,19,22)(H,20,23). The van der Waals surface area contributed by atoms with Crippen LogP contribution in [0, 0.1) is 0 Å². The number of anilines is 1. The molecule has 1 amide bonds. The highest BCUT2D eigenvalue weighted by Gasteiger charge is 2.32. The molecule has 0 radical (unpaired) electrons. The number of pyridine rings is 1. The van der Waals surface area contributed by atoms with E-state index in [1.165, 1.54) is 0 Å². The molecule has 6 nitrogen and oxygen atoms in total. The van der Waals surface area contributed by atoms with Crippen LogP contribution >= 0.6 is 15.9 Å². The molecule has 2 rings (SSSR count). The van der Waals surface area contributed by atoms with E-state index in [0.29, 0.717) is 5.82 Å². The van der Waals surface area contributed by atoms with Crippen molar-refractivity contribution in [1.29, 1.82) is 0 Å². The Hall–Kier alpha value is -1.63. The Morgan fingerprint density at radius 1 is 1.33 bits per heavy atom. The Labute approximate surface area is 151 Å². The SMILES string of the molecule is CC1(NC(=O)OC(C)(C)C)CCC(=NNc2cccc(Br)n2)CC1. The van der Waals surface area contributed by atoms with Gasteiger partial charge in [0.25, 0.3) is 0 Å². The van der Waals surface area contributed by atoms with E-state index in [2.05, 4.69) is 43.7 Å². The molecule has 0 saturated heterocycles. The van der Waals surface area contributed by atoms with Gasteiger partial charge in [0.05, 0.1) is 0 Å². The van der Waals surface area contributed by atoms with E-state index in [1.807, 2.05) is 39.0 Å². The van der Waals surface area contributed by atoms with E-state index < -0.39 is 5.60 Å². The molecule has 24 heavy (non-hydrogen) atoms. The third kappa shape index (κ3) is 6.11. The molecule has 1 aromatic rings. The lowest BCUT2D eigenvalue weighted by Gasteiger charge is -2.35. The van der Waals surface area contributed by atoms with Crippen molar-refractivity contribution in [1.82, 2.24) is 10.3 Å². The molecule has 1 aromatic heterocycles. The molecule has 2 N–H and O–H groups in total. The van der Waals surface area contributed by atoms with Gasteiger partial charge in [0.15, 0.2) is 0 Å². The second-order valence-electron chi connectivity index (χ2n) is 7.32. The Balaban J connectivity index is 1.85. The van der Waals surface area contributed by atoms with Gasteiger partial charge in [-0.1, -0.05) is 6.07 Å². The van der Waals surface area contributed by atoms with Crippen LogP contribution in [0.15, 0.2) is 27.9 Å². The van der Waals surface area contributed by atoms with Crippen LogP contribution in [0.2, 0.25) is 0 Å². The lowest BCUT2D eigenvalue weighted by Crippen LogP contribution is -2.50. The zero-order chi connectivity index (χ0) is 17.8. The van der Waals surface area contributed by atoms with Crippen molar-refractivity contribution in [2.24, 2.45) is 5.10 Å². The number of halogens is 1. The molecule has 1 fully saturated rings. The van der Waals surface area contributed by atoms with Gasteiger partial charge in [-0.2, -0.15) is 5.10 Å². The summed E-state index contributed by atoms with van der Waals surface area (Å²) in [6, 6.07) is 5.64. The Kier molecular flexibility index (Phi) is 5.85. The van der Waals surface area contributed by atoms with Crippen LogP contribution < -0.4 is 10.7 Å². The maximum absolute atomic E-state index is 12.0. The molecule has 0 spiro atoms. The molecule has 0 aromatic carbocycles. The van der Waals surface area contributed by atoms with Crippen LogP contribution in [0.4, 0.5) is 10.6 Å². The molecule has 7 heteroatoms. The van der Waals surface area contributed by atoms with E-state index in [1.54, 1.807) is 0 Å². The quantitative estimate of drug-likeness (QED) is 0.583. The Morgan fingerprint density at radius 2 is 2.00 bits per heavy atom. The first-order valence-corrected chi connectivity index (χ1v) is 8.90. The third-order valence-corrected chi connectivity index (χ3v) is 4.22. The molecule has 1 heterocycles. The fraction of sp³-hybridized carbons (Fsp3) is 0.588. The summed E-state index contributed by atoms with van der Waals surface area (Å²) < 4.78 is 6.11. The van der Waals surface area contributed by atoms with Gasteiger partial charge in [-0.05, 0) is 81.4 Å². The van der Waals surface area contributed by atoms with Crippen molar-refractivity contribution in [3.05, 3.63) is 22.8 Å². The molecule has 0 atom stereocenters. The average molecular weight is 397 g/mol. The van der Waals surface area contributed by atoms with Crippen molar-refractivity contribution in [3.63, 3.8) is 0 Å². The monoisotopic (exact) mass is 396 g/mol. The summed E-state index contributed by atoms with van der Waals surface area (Å²) in [6.07, 6.45) is 2.96. The summed E-state index contributed by atoms with van der Waals surface area (Å²) >= 11 is 3.33. The molecule has 1 aliphatic carbocycles. The van der Waals surface area contributed by atoms with Gasteiger partial charge < -0.3 is 10.1 Å². The fourth-order valence-corrected chi connectivity index (χ4v) is 2.83. The largest absolute Gasteiger partial charge is 0.444 e. The number of nitrogens with one attached hydrogen (secondary N) is 2. The number of ether oxygens (including phenoxy) is 1. The molecule has 1 saturated carbocycles. The van der Waals surface area contributed by atoms with Gasteiger partial charge in [-0.3, -0.25) is 5.43 Å². The highest BCUT2D eigenvalue weighted by atomic mass is 79.9. The van der Waals surface area contributed by atoms with Gasteiger partial charge in [-0.15, -0.1) is 0 Å². The van der Waals surface area contributed by atoms with E-state index in [-0.39, 0.29) is 11.6 Å². The minimum absolute atomic E-state index is 0.255. The van der Waals surface area contributed by atoms with Gasteiger partial charge in [0.1, 0.15) is 16.0 Å². The maximum Gasteiger partial charge on any atom is 0.408 e. The van der Waals surface area contributed by atoms with Crippen molar-refractivity contribution in [2.75, 3.05) is 5.43 Å². The lowest BCUT2D eigenvalue weighted by atomic mass is 9.82. The van der Waals surface area contributed by atoms with Gasteiger partial charge in [-0.25, -0.2) is 9.78 Å². The second kappa shape index (κ2) is 7.51. The maximum atomic E-state index is 12.0. The summed E-state index contributed by atoms with van der Waals surface area (Å²) in [5.41, 5.74) is 3.33. The highest BCUT2D eigenvalue weighted by molar-refractivity contribution is 9.10. The van der Waals surface area contributed by atoms with Gasteiger partial charge in [0, 0.05) is 11.3 Å². The van der Waals surface area contributed by atoms with E-state index in [4.69, 9.17) is 4.74 Å². The fourth-order valence-electron chi connectivity index (χ4n) is 2.48. The van der Waals surface area contributed by atoms with Crippen molar-refractivity contribution >= 4 is 33.6 Å². The number of carbonyl (C=O) groups is 1. The summed E-state index contributed by atoms with van der Waals surface area (Å²) in [7, 11) is 0. The minimum atomic E-state index is -0.484. The van der Waals surface area contributed by atoms with Gasteiger partial charge in [0.2, 0.25) is 0 Å². The Bertz CT molecular complexity index is 615. The zero-order valence-corrected chi connectivity index (χ0v) is 16.2. The number of nitrogens with zero attached hydrogens (tertiary/aromatic N) is 2. The first-order chi connectivity index (χ1) is 11.2. The number of hydrogen-bond donors (Lipinski definition) is 2. The van der Waals surface area contributed by atoms with Crippen molar-refractivity contribution < 1.29 is 9.53 Å². The number of rotatable bonds is 3. The van der Waals surface area contributed by atoms with E-state index >= 15 is 0 Å². The van der Waals surface area contributed by atoms with E-state index in [9.17, 15) is 4.79 Å². The molecule has 1 aliphatic rings. The van der Waals surface area contributed by atoms with Crippen LogP contribution in [0.5, 0.6) is 0 Å². The number of amides is 1. The van der Waals surface area contributed by atoms with Crippen LogP contribution in [0.1, 0.15) is 53.4 Å². The molecule has 0 aliphatic heterocycles. The number of alkyl carbamates (subject to hydrolysis) is 1. The average Bonchev–Trinajstić information content (AvgIpc) is 2.44. The summed E-state index contributed by atoms with van der Waals surface area (Å²) in [5.74, 6) is 0.706. The summed E-state index contributed by atoms with van der Waals surface area (Å²) in [4.78, 5) is 16.3. The van der Waals surface area contributed by atoms with Crippen LogP contribution in [0.25, 0.3) is 0 Å². The first-order valence-electron chi connectivity index (χ1n) is 8.10. The summed E-state index contributed by atoms with van der Waals surface area (Å²) in [5, 5.41) is 7.44. The number of hydrogen-bond acceptors (Lipinski definition) is 5. The smallest absolute Gasteiger partial charge is 0.408 e. The van der Waals surface area contributed by atoms with Crippen LogP contribution in [0.3, 0.4) is 0 Å². The lowest BCUT2D eigenvalue weighted by molar-refractivity contribution is 0.0451. The number of aromatic nitrogens is 1. The molecular formula is C17H25BrN4O2. The molecular weight excluding hydrogens is 372 g/mol. The highest BCUT2D eigenvalue weighted by Crippen LogP contribution is 2.27. The predicted octanol–water partition coefficient (Wildman–Crippen LogP) is 4.47. The minimum Gasteiger partial charge on any atom is -0.444 e. The van der Waals surface area contributed by atoms with Crippen LogP contribution in [-0.2, 0) is 4.74 Å². The molecule has 132 valence electrons. The van der Waals surface area contributed by atoms with E-state index in [0.717, 1.165) is 36.0 Å². The van der Waals surface area contributed by atoms with Gasteiger partial charge >= 0.3 is 6.09 Å². The summed E-state index contributed by atoms with van der Waals surface area (Å²) in [6.45, 7) is 7.64. The topological polar surface area (TPSA) is 75.6 Å². The zero-order valence-electron chi connectivity index (χ0n) is 14.6. The Morgan fingerprint density at radius 3 is 2.58 bits per heavy atom. The van der Waals surface area contributed by atoms with Crippen molar-refractivity contribution in [3.8, 4) is 0 Å². The molecule has 0 bridgehead atoms. The van der Waals surface area contributed by atoms with Crippen LogP contribution in [-0.4, -0.2) is 27.9 Å². The first kappa shape index (κ1) is 18.7. The van der Waals surface area contributed by atoms with Crippen molar-refractivity contribution in [2.45, 2.75) is 64.5 Å². The number of hydrazone groups is 1. The second-order valence-corrected chi connectivity index (χ2v) is 8.14. The predicted molar refractivity (Wildman–Crippen MR) is 99.2 cm³/mol. The normalized spacial score (nSPS) is 21.1. The molecule has 0 unspecified atom stereocenters.